The summed E-state index contributed by atoms with van der Waals surface area (Å²) in [6.45, 7) is 3.19. The molecule has 1 heterocycles. The number of carbonyl (C=O) groups is 2. The summed E-state index contributed by atoms with van der Waals surface area (Å²) < 4.78 is 10.0. The molecule has 120 valence electrons. The molecule has 1 aliphatic rings. The molecule has 0 aromatic heterocycles. The number of hydrogen-bond donors (Lipinski definition) is 2. The number of nitrogens with one attached hydrogen (secondary N) is 1. The van der Waals surface area contributed by atoms with Gasteiger partial charge in [0, 0.05) is 25.4 Å². The predicted octanol–water partition coefficient (Wildman–Crippen LogP) is 1.48. The van der Waals surface area contributed by atoms with Gasteiger partial charge in [0.1, 0.15) is 0 Å². The van der Waals surface area contributed by atoms with E-state index in [1.54, 1.807) is 25.1 Å². The van der Waals surface area contributed by atoms with Crippen molar-refractivity contribution in [2.24, 2.45) is 11.1 Å². The standard InChI is InChI=1S/C16H22N2O4/c1-11-9-12(3-4-13(11)14(19)21-2)18-15(20)16(10-17)5-7-22-8-6-16/h3-4,9H,5-8,10,17H2,1-2H3,(H,18,20). The van der Waals surface area contributed by atoms with Crippen LogP contribution in [0.4, 0.5) is 5.69 Å². The molecule has 1 fully saturated rings. The molecular formula is C16H22N2O4. The van der Waals surface area contributed by atoms with Crippen LogP contribution in [0.2, 0.25) is 0 Å². The summed E-state index contributed by atoms with van der Waals surface area (Å²) in [7, 11) is 1.34. The Bertz CT molecular complexity index is 565. The van der Waals surface area contributed by atoms with Gasteiger partial charge in [0.15, 0.2) is 0 Å². The number of benzene rings is 1. The number of rotatable bonds is 4. The van der Waals surface area contributed by atoms with Crippen LogP contribution in [0.1, 0.15) is 28.8 Å². The minimum absolute atomic E-state index is 0.0940. The number of carbonyl (C=O) groups excluding carboxylic acids is 2. The number of methoxy groups -OCH3 is 1. The van der Waals surface area contributed by atoms with Crippen LogP contribution in [0.25, 0.3) is 0 Å². The highest BCUT2D eigenvalue weighted by atomic mass is 16.5. The monoisotopic (exact) mass is 306 g/mol. The van der Waals surface area contributed by atoms with Crippen molar-refractivity contribution >= 4 is 17.6 Å². The average Bonchev–Trinajstić information content (AvgIpc) is 2.54. The molecule has 0 aliphatic carbocycles. The maximum atomic E-state index is 12.6. The normalized spacial score (nSPS) is 16.9. The van der Waals surface area contributed by atoms with Gasteiger partial charge >= 0.3 is 5.97 Å². The van der Waals surface area contributed by atoms with Gasteiger partial charge in [0.2, 0.25) is 5.91 Å². The number of nitrogens with two attached hydrogens (primary N) is 1. The van der Waals surface area contributed by atoms with Crippen molar-refractivity contribution in [3.63, 3.8) is 0 Å². The van der Waals surface area contributed by atoms with Crippen molar-refractivity contribution in [1.29, 1.82) is 0 Å². The average molecular weight is 306 g/mol. The fourth-order valence-corrected chi connectivity index (χ4v) is 2.63. The van der Waals surface area contributed by atoms with Crippen molar-refractivity contribution in [3.05, 3.63) is 29.3 Å². The first-order valence-corrected chi connectivity index (χ1v) is 7.30. The minimum Gasteiger partial charge on any atom is -0.465 e. The maximum Gasteiger partial charge on any atom is 0.338 e. The lowest BCUT2D eigenvalue weighted by Crippen LogP contribution is -2.46. The Kier molecular flexibility index (Phi) is 5.15. The topological polar surface area (TPSA) is 90.7 Å². The molecule has 1 aromatic rings. The largest absolute Gasteiger partial charge is 0.465 e. The summed E-state index contributed by atoms with van der Waals surface area (Å²) in [4.78, 5) is 24.1. The van der Waals surface area contributed by atoms with Gasteiger partial charge in [-0.1, -0.05) is 0 Å². The van der Waals surface area contributed by atoms with Gasteiger partial charge in [-0.15, -0.1) is 0 Å². The Morgan fingerprint density at radius 1 is 1.36 bits per heavy atom. The maximum absolute atomic E-state index is 12.6. The second kappa shape index (κ2) is 6.89. The lowest BCUT2D eigenvalue weighted by molar-refractivity contribution is -0.130. The van der Waals surface area contributed by atoms with Gasteiger partial charge in [0.05, 0.1) is 18.1 Å². The quantitative estimate of drug-likeness (QED) is 0.822. The number of ether oxygens (including phenoxy) is 2. The van der Waals surface area contributed by atoms with E-state index in [4.69, 9.17) is 15.2 Å². The molecule has 0 radical (unpaired) electrons. The third kappa shape index (κ3) is 3.28. The fraction of sp³-hybridized carbons (Fsp3) is 0.500. The third-order valence-corrected chi connectivity index (χ3v) is 4.21. The van der Waals surface area contributed by atoms with E-state index in [1.807, 2.05) is 0 Å². The van der Waals surface area contributed by atoms with E-state index in [0.29, 0.717) is 43.9 Å². The molecule has 1 aliphatic heterocycles. The highest BCUT2D eigenvalue weighted by Crippen LogP contribution is 2.31. The molecule has 0 spiro atoms. The van der Waals surface area contributed by atoms with E-state index in [2.05, 4.69) is 5.32 Å². The second-order valence-electron chi connectivity index (χ2n) is 5.57. The van der Waals surface area contributed by atoms with Crippen molar-refractivity contribution < 1.29 is 19.1 Å². The van der Waals surface area contributed by atoms with Crippen LogP contribution in [0.15, 0.2) is 18.2 Å². The van der Waals surface area contributed by atoms with Crippen molar-refractivity contribution in [3.8, 4) is 0 Å². The van der Waals surface area contributed by atoms with E-state index in [1.165, 1.54) is 7.11 Å². The van der Waals surface area contributed by atoms with Crippen LogP contribution in [0.5, 0.6) is 0 Å². The highest BCUT2D eigenvalue weighted by molar-refractivity contribution is 5.97. The summed E-state index contributed by atoms with van der Waals surface area (Å²) in [5.74, 6) is -0.484. The van der Waals surface area contributed by atoms with Crippen LogP contribution in [0.3, 0.4) is 0 Å². The first-order valence-electron chi connectivity index (χ1n) is 7.30. The SMILES string of the molecule is COC(=O)c1ccc(NC(=O)C2(CN)CCOCC2)cc1C. The van der Waals surface area contributed by atoms with E-state index in [-0.39, 0.29) is 5.91 Å². The smallest absolute Gasteiger partial charge is 0.338 e. The zero-order valence-corrected chi connectivity index (χ0v) is 13.0. The molecule has 1 saturated heterocycles. The van der Waals surface area contributed by atoms with E-state index in [9.17, 15) is 9.59 Å². The number of anilines is 1. The van der Waals surface area contributed by atoms with E-state index in [0.717, 1.165) is 5.56 Å². The lowest BCUT2D eigenvalue weighted by Gasteiger charge is -2.34. The van der Waals surface area contributed by atoms with Gasteiger partial charge < -0.3 is 20.5 Å². The third-order valence-electron chi connectivity index (χ3n) is 4.21. The first-order chi connectivity index (χ1) is 10.5. The number of amides is 1. The Hall–Kier alpha value is -1.92. The van der Waals surface area contributed by atoms with Crippen LogP contribution >= 0.6 is 0 Å². The number of hydrogen-bond acceptors (Lipinski definition) is 5. The molecular weight excluding hydrogens is 284 g/mol. The molecule has 2 rings (SSSR count). The van der Waals surface area contributed by atoms with Crippen LogP contribution in [-0.2, 0) is 14.3 Å². The molecule has 1 aromatic carbocycles. The molecule has 22 heavy (non-hydrogen) atoms. The molecule has 3 N–H and O–H groups in total. The molecule has 6 heteroatoms. The second-order valence-corrected chi connectivity index (χ2v) is 5.57. The van der Waals surface area contributed by atoms with Crippen LogP contribution in [-0.4, -0.2) is 38.7 Å². The Balaban J connectivity index is 2.14. The van der Waals surface area contributed by atoms with Crippen molar-refractivity contribution in [2.45, 2.75) is 19.8 Å². The van der Waals surface area contributed by atoms with Crippen LogP contribution < -0.4 is 11.1 Å². The fourth-order valence-electron chi connectivity index (χ4n) is 2.63. The molecule has 0 unspecified atom stereocenters. The Labute approximate surface area is 130 Å². The Morgan fingerprint density at radius 3 is 2.59 bits per heavy atom. The van der Waals surface area contributed by atoms with Gasteiger partial charge in [0.25, 0.3) is 0 Å². The molecule has 0 bridgehead atoms. The van der Waals surface area contributed by atoms with Crippen molar-refractivity contribution in [1.82, 2.24) is 0 Å². The van der Waals surface area contributed by atoms with E-state index >= 15 is 0 Å². The van der Waals surface area contributed by atoms with Gasteiger partial charge in [-0.05, 0) is 43.5 Å². The predicted molar refractivity (Wildman–Crippen MR) is 82.7 cm³/mol. The zero-order chi connectivity index (χ0) is 16.2. The van der Waals surface area contributed by atoms with Crippen molar-refractivity contribution in [2.75, 3.05) is 32.2 Å². The number of esters is 1. The molecule has 0 saturated carbocycles. The molecule has 0 atom stereocenters. The van der Waals surface area contributed by atoms with Gasteiger partial charge in [-0.25, -0.2) is 4.79 Å². The summed E-state index contributed by atoms with van der Waals surface area (Å²) in [6.07, 6.45) is 1.24. The zero-order valence-electron chi connectivity index (χ0n) is 13.0. The van der Waals surface area contributed by atoms with Crippen LogP contribution in [0, 0.1) is 12.3 Å². The van der Waals surface area contributed by atoms with Gasteiger partial charge in [-0.3, -0.25) is 4.79 Å². The van der Waals surface area contributed by atoms with Gasteiger partial charge in [-0.2, -0.15) is 0 Å². The lowest BCUT2D eigenvalue weighted by atomic mass is 9.79. The molecule has 1 amide bonds. The number of aryl methyl sites for hydroxylation is 1. The first kappa shape index (κ1) is 16.5. The minimum atomic E-state index is -0.576. The van der Waals surface area contributed by atoms with E-state index < -0.39 is 11.4 Å². The summed E-state index contributed by atoms with van der Waals surface area (Å²) in [5.41, 5.74) is 7.13. The summed E-state index contributed by atoms with van der Waals surface area (Å²) in [5, 5.41) is 2.90. The molecule has 6 nitrogen and oxygen atoms in total. The Morgan fingerprint density at radius 2 is 2.05 bits per heavy atom. The summed E-state index contributed by atoms with van der Waals surface area (Å²) >= 11 is 0. The highest BCUT2D eigenvalue weighted by Gasteiger charge is 2.38. The summed E-state index contributed by atoms with van der Waals surface area (Å²) in [6, 6.07) is 5.10.